The summed E-state index contributed by atoms with van der Waals surface area (Å²) >= 11 is 3.55. The van der Waals surface area contributed by atoms with E-state index in [1.807, 2.05) is 24.6 Å². The summed E-state index contributed by atoms with van der Waals surface area (Å²) in [5.74, 6) is 0.501. The molecule has 0 spiro atoms. The van der Waals surface area contributed by atoms with E-state index in [1.54, 1.807) is 12.1 Å². The Morgan fingerprint density at radius 1 is 1.24 bits per heavy atom. The number of nitrogens with zero attached hydrogens (tertiary/aromatic N) is 3. The minimum absolute atomic E-state index is 0.259. The van der Waals surface area contributed by atoms with Gasteiger partial charge in [-0.25, -0.2) is 4.39 Å². The van der Waals surface area contributed by atoms with Gasteiger partial charge in [0.15, 0.2) is 0 Å². The van der Waals surface area contributed by atoms with Crippen LogP contribution < -0.4 is 0 Å². The molecule has 3 rings (SSSR count). The van der Waals surface area contributed by atoms with Gasteiger partial charge in [0.2, 0.25) is 0 Å². The van der Waals surface area contributed by atoms with E-state index >= 15 is 0 Å². The van der Waals surface area contributed by atoms with Crippen LogP contribution in [-0.4, -0.2) is 14.9 Å². The number of aryl methyl sites for hydroxylation is 2. The van der Waals surface area contributed by atoms with E-state index in [-0.39, 0.29) is 5.82 Å². The second kappa shape index (κ2) is 5.44. The number of aromatic nitrogens is 3. The van der Waals surface area contributed by atoms with E-state index in [0.29, 0.717) is 6.54 Å². The first-order valence-electron chi connectivity index (χ1n) is 6.45. The van der Waals surface area contributed by atoms with Gasteiger partial charge >= 0.3 is 0 Å². The average molecular weight is 350 g/mol. The monoisotopic (exact) mass is 349 g/mol. The molecule has 0 radical (unpaired) electrons. The van der Waals surface area contributed by atoms with Crippen molar-refractivity contribution in [2.24, 2.45) is 0 Å². The summed E-state index contributed by atoms with van der Waals surface area (Å²) in [6, 6.07) is 8.23. The summed E-state index contributed by atoms with van der Waals surface area (Å²) in [5.41, 5.74) is 3.46. The van der Waals surface area contributed by atoms with Crippen LogP contribution in [0.3, 0.4) is 0 Å². The van der Waals surface area contributed by atoms with Crippen LogP contribution in [0.5, 0.6) is 0 Å². The zero-order chi connectivity index (χ0) is 15.0. The maximum absolute atomic E-state index is 13.1. The third-order valence-corrected chi connectivity index (χ3v) is 4.11. The smallest absolute Gasteiger partial charge is 0.133 e. The maximum atomic E-state index is 13.1. The second-order valence-electron chi connectivity index (χ2n) is 4.84. The average Bonchev–Trinajstić information content (AvgIpc) is 2.97. The summed E-state index contributed by atoms with van der Waals surface area (Å²) in [6.45, 7) is 4.26. The third kappa shape index (κ3) is 2.76. The molecule has 0 saturated carbocycles. The molecule has 0 saturated heterocycles. The molecule has 21 heavy (non-hydrogen) atoms. The van der Waals surface area contributed by atoms with Crippen molar-refractivity contribution in [1.82, 2.24) is 14.9 Å². The third-order valence-electron chi connectivity index (χ3n) is 3.16. The van der Waals surface area contributed by atoms with Crippen LogP contribution in [0.1, 0.15) is 17.1 Å². The summed E-state index contributed by atoms with van der Waals surface area (Å²) in [6.07, 6.45) is 0. The number of halogens is 2. The van der Waals surface area contributed by atoms with Crippen molar-refractivity contribution in [3.05, 3.63) is 57.8 Å². The van der Waals surface area contributed by atoms with E-state index in [9.17, 15) is 4.39 Å². The first-order valence-corrected chi connectivity index (χ1v) is 7.25. The molecule has 2 aromatic heterocycles. The lowest BCUT2D eigenvalue weighted by atomic mass is 10.1. The standard InChI is InChI=1S/C15H13BrFN3O/c1-9-7-13(19-21-9)8-20-15(14(16)10(2)18-20)11-3-5-12(17)6-4-11/h3-7H,8H2,1-2H3. The minimum Gasteiger partial charge on any atom is -0.361 e. The highest BCUT2D eigenvalue weighted by molar-refractivity contribution is 9.10. The predicted octanol–water partition coefficient (Wildman–Crippen LogP) is 4.10. The fourth-order valence-corrected chi connectivity index (χ4v) is 2.72. The SMILES string of the molecule is Cc1cc(Cn2nc(C)c(Br)c2-c2ccc(F)cc2)no1. The van der Waals surface area contributed by atoms with Gasteiger partial charge < -0.3 is 4.52 Å². The van der Waals surface area contributed by atoms with Crippen LogP contribution in [0.15, 0.2) is 39.3 Å². The Labute approximate surface area is 129 Å². The second-order valence-corrected chi connectivity index (χ2v) is 5.63. The van der Waals surface area contributed by atoms with Gasteiger partial charge in [-0.2, -0.15) is 5.10 Å². The van der Waals surface area contributed by atoms with Gasteiger partial charge in [-0.1, -0.05) is 5.16 Å². The maximum Gasteiger partial charge on any atom is 0.133 e. The van der Waals surface area contributed by atoms with Crippen molar-refractivity contribution in [3.8, 4) is 11.3 Å². The number of hydrogen-bond donors (Lipinski definition) is 0. The normalized spacial score (nSPS) is 11.0. The zero-order valence-corrected chi connectivity index (χ0v) is 13.2. The van der Waals surface area contributed by atoms with E-state index in [0.717, 1.165) is 32.9 Å². The highest BCUT2D eigenvalue weighted by Gasteiger charge is 2.16. The first kappa shape index (κ1) is 14.0. The first-order chi connectivity index (χ1) is 10.0. The molecular formula is C15H13BrFN3O. The van der Waals surface area contributed by atoms with Crippen molar-refractivity contribution < 1.29 is 8.91 Å². The van der Waals surface area contributed by atoms with Crippen LogP contribution in [-0.2, 0) is 6.54 Å². The molecule has 0 aliphatic carbocycles. The Bertz CT molecular complexity index is 777. The van der Waals surface area contributed by atoms with Gasteiger partial charge in [0.05, 0.1) is 22.4 Å². The van der Waals surface area contributed by atoms with Gasteiger partial charge in [-0.3, -0.25) is 4.68 Å². The quantitative estimate of drug-likeness (QED) is 0.714. The van der Waals surface area contributed by atoms with Crippen molar-refractivity contribution in [2.45, 2.75) is 20.4 Å². The largest absolute Gasteiger partial charge is 0.361 e. The van der Waals surface area contributed by atoms with E-state index in [4.69, 9.17) is 4.52 Å². The molecule has 0 aliphatic heterocycles. The van der Waals surface area contributed by atoms with E-state index in [1.165, 1.54) is 12.1 Å². The highest BCUT2D eigenvalue weighted by atomic mass is 79.9. The van der Waals surface area contributed by atoms with Gasteiger partial charge in [0, 0.05) is 11.6 Å². The highest BCUT2D eigenvalue weighted by Crippen LogP contribution is 2.31. The van der Waals surface area contributed by atoms with Crippen LogP contribution in [0.2, 0.25) is 0 Å². The van der Waals surface area contributed by atoms with Crippen molar-refractivity contribution in [3.63, 3.8) is 0 Å². The molecule has 2 heterocycles. The van der Waals surface area contributed by atoms with Crippen LogP contribution in [0.25, 0.3) is 11.3 Å². The Kier molecular flexibility index (Phi) is 3.63. The van der Waals surface area contributed by atoms with Crippen LogP contribution in [0, 0.1) is 19.7 Å². The topological polar surface area (TPSA) is 43.9 Å². The van der Waals surface area contributed by atoms with Crippen molar-refractivity contribution in [2.75, 3.05) is 0 Å². The molecule has 0 amide bonds. The molecule has 108 valence electrons. The summed E-state index contributed by atoms with van der Waals surface area (Å²) in [7, 11) is 0. The Hall–Kier alpha value is -1.95. The molecule has 0 aliphatic rings. The molecule has 3 aromatic rings. The molecule has 6 heteroatoms. The minimum atomic E-state index is -0.259. The van der Waals surface area contributed by atoms with E-state index in [2.05, 4.69) is 26.2 Å². The zero-order valence-electron chi connectivity index (χ0n) is 11.6. The molecule has 0 unspecified atom stereocenters. The Balaban J connectivity index is 2.05. The summed E-state index contributed by atoms with van der Waals surface area (Å²) < 4.78 is 20.9. The summed E-state index contributed by atoms with van der Waals surface area (Å²) in [4.78, 5) is 0. The van der Waals surface area contributed by atoms with Crippen molar-refractivity contribution >= 4 is 15.9 Å². The number of rotatable bonds is 3. The van der Waals surface area contributed by atoms with Crippen molar-refractivity contribution in [1.29, 1.82) is 0 Å². The fraction of sp³-hybridized carbons (Fsp3) is 0.200. The number of benzene rings is 1. The van der Waals surface area contributed by atoms with Gasteiger partial charge in [0.1, 0.15) is 17.3 Å². The molecular weight excluding hydrogens is 337 g/mol. The van der Waals surface area contributed by atoms with Gasteiger partial charge in [-0.05, 0) is 54.0 Å². The molecule has 0 bridgehead atoms. The van der Waals surface area contributed by atoms with E-state index < -0.39 is 0 Å². The fourth-order valence-electron chi connectivity index (χ4n) is 2.20. The lowest BCUT2D eigenvalue weighted by Crippen LogP contribution is -2.04. The van der Waals surface area contributed by atoms with Gasteiger partial charge in [-0.15, -0.1) is 0 Å². The molecule has 1 aromatic carbocycles. The predicted molar refractivity (Wildman–Crippen MR) is 80.4 cm³/mol. The van der Waals surface area contributed by atoms with Gasteiger partial charge in [0.25, 0.3) is 0 Å². The molecule has 0 fully saturated rings. The van der Waals surface area contributed by atoms with Crippen LogP contribution in [0.4, 0.5) is 4.39 Å². The Morgan fingerprint density at radius 3 is 2.57 bits per heavy atom. The lowest BCUT2D eigenvalue weighted by Gasteiger charge is -2.06. The molecule has 0 N–H and O–H groups in total. The molecule has 0 atom stereocenters. The molecule has 4 nitrogen and oxygen atoms in total. The Morgan fingerprint density at radius 2 is 1.95 bits per heavy atom. The number of hydrogen-bond acceptors (Lipinski definition) is 3. The summed E-state index contributed by atoms with van der Waals surface area (Å²) in [5, 5.41) is 8.50. The van der Waals surface area contributed by atoms with Crippen LogP contribution >= 0.6 is 15.9 Å². The lowest BCUT2D eigenvalue weighted by molar-refractivity contribution is 0.388.